The fraction of sp³-hybridized carbons (Fsp3) is 0.409. The number of hydrogen-bond donors (Lipinski definition) is 3. The van der Waals surface area contributed by atoms with Crippen molar-refractivity contribution in [3.63, 3.8) is 0 Å². The zero-order valence-corrected chi connectivity index (χ0v) is 16.3. The van der Waals surface area contributed by atoms with Gasteiger partial charge in [-0.25, -0.2) is 9.82 Å². The van der Waals surface area contributed by atoms with Crippen molar-refractivity contribution < 1.29 is 13.9 Å². The van der Waals surface area contributed by atoms with E-state index in [1.807, 2.05) is 6.07 Å². The number of rotatable bonds is 6. The lowest BCUT2D eigenvalue weighted by Crippen LogP contribution is -2.48. The Morgan fingerprint density at radius 3 is 2.76 bits per heavy atom. The Morgan fingerprint density at radius 1 is 1.17 bits per heavy atom. The molecule has 2 aromatic carbocycles. The minimum absolute atomic E-state index is 0.0250. The smallest absolute Gasteiger partial charge is 0.226 e. The molecule has 4 rings (SSSR count). The highest BCUT2D eigenvalue weighted by Gasteiger charge is 2.34. The summed E-state index contributed by atoms with van der Waals surface area (Å²) in [5.41, 5.74) is 8.34. The first-order valence-corrected chi connectivity index (χ1v) is 10.1. The second-order valence-corrected chi connectivity index (χ2v) is 7.62. The molecule has 0 spiro atoms. The number of carbonyl (C=O) groups excluding carboxylic acids is 1. The minimum atomic E-state index is -0.282. The molecule has 0 aromatic heterocycles. The van der Waals surface area contributed by atoms with E-state index < -0.39 is 0 Å². The molecule has 2 heterocycles. The van der Waals surface area contributed by atoms with Gasteiger partial charge in [0.05, 0.1) is 24.7 Å². The van der Waals surface area contributed by atoms with Gasteiger partial charge in [0.15, 0.2) is 0 Å². The number of hydrogen-bond acceptors (Lipinski definition) is 5. The van der Waals surface area contributed by atoms with E-state index in [1.165, 1.54) is 17.7 Å². The zero-order valence-electron chi connectivity index (χ0n) is 16.3. The second-order valence-electron chi connectivity index (χ2n) is 7.62. The van der Waals surface area contributed by atoms with Crippen LogP contribution in [0.2, 0.25) is 0 Å². The van der Waals surface area contributed by atoms with E-state index in [-0.39, 0.29) is 29.8 Å². The fourth-order valence-electron chi connectivity index (χ4n) is 3.96. The standard InChI is InChI=1S/C22H27FN4O2/c23-18-8-6-17(7-9-18)21-20(13-25-26-21)22(28)24-12-19-15-27(10-11-29-19)14-16-4-2-1-3-5-16/h1-9,19-21,25-26H,10-15H2,(H,24,28). The molecule has 0 bridgehead atoms. The first kappa shape index (κ1) is 20.0. The third kappa shape index (κ3) is 5.19. The summed E-state index contributed by atoms with van der Waals surface area (Å²) in [5, 5.41) is 3.05. The molecule has 0 radical (unpaired) electrons. The number of ether oxygens (including phenoxy) is 1. The van der Waals surface area contributed by atoms with Crippen LogP contribution in [0.1, 0.15) is 17.2 Å². The minimum Gasteiger partial charge on any atom is -0.374 e. The van der Waals surface area contributed by atoms with Gasteiger partial charge in [0.2, 0.25) is 5.91 Å². The van der Waals surface area contributed by atoms with Gasteiger partial charge in [0.1, 0.15) is 5.82 Å². The van der Waals surface area contributed by atoms with E-state index in [1.54, 1.807) is 12.1 Å². The van der Waals surface area contributed by atoms with Crippen molar-refractivity contribution in [2.45, 2.75) is 18.7 Å². The lowest BCUT2D eigenvalue weighted by atomic mass is 9.94. The lowest BCUT2D eigenvalue weighted by molar-refractivity contribution is -0.126. The summed E-state index contributed by atoms with van der Waals surface area (Å²) < 4.78 is 19.0. The lowest BCUT2D eigenvalue weighted by Gasteiger charge is -2.33. The Hall–Kier alpha value is -2.32. The third-order valence-corrected chi connectivity index (χ3v) is 5.52. The molecule has 154 valence electrons. The number of nitrogens with zero attached hydrogens (tertiary/aromatic N) is 1. The molecule has 3 atom stereocenters. The largest absolute Gasteiger partial charge is 0.374 e. The van der Waals surface area contributed by atoms with Crippen molar-refractivity contribution in [3.8, 4) is 0 Å². The maximum absolute atomic E-state index is 13.2. The Balaban J connectivity index is 1.29. The first-order chi connectivity index (χ1) is 14.2. The zero-order chi connectivity index (χ0) is 20.1. The molecule has 3 N–H and O–H groups in total. The monoisotopic (exact) mass is 398 g/mol. The molecular weight excluding hydrogens is 371 g/mol. The van der Waals surface area contributed by atoms with Crippen molar-refractivity contribution in [1.29, 1.82) is 0 Å². The molecule has 0 saturated carbocycles. The number of nitrogens with one attached hydrogen (secondary N) is 3. The fourth-order valence-corrected chi connectivity index (χ4v) is 3.96. The van der Waals surface area contributed by atoms with Gasteiger partial charge >= 0.3 is 0 Å². The highest BCUT2D eigenvalue weighted by molar-refractivity contribution is 5.80. The van der Waals surface area contributed by atoms with Gasteiger partial charge in [0, 0.05) is 32.7 Å². The van der Waals surface area contributed by atoms with Crippen LogP contribution in [-0.4, -0.2) is 49.7 Å². The number of benzene rings is 2. The Labute approximate surface area is 170 Å². The van der Waals surface area contributed by atoms with Crippen LogP contribution in [0, 0.1) is 11.7 Å². The van der Waals surface area contributed by atoms with Crippen LogP contribution in [0.3, 0.4) is 0 Å². The highest BCUT2D eigenvalue weighted by atomic mass is 19.1. The average molecular weight is 398 g/mol. The van der Waals surface area contributed by atoms with Crippen molar-refractivity contribution >= 4 is 5.91 Å². The van der Waals surface area contributed by atoms with Crippen molar-refractivity contribution in [3.05, 3.63) is 71.5 Å². The molecule has 2 fully saturated rings. The molecular formula is C22H27FN4O2. The predicted molar refractivity (Wildman–Crippen MR) is 108 cm³/mol. The van der Waals surface area contributed by atoms with E-state index in [9.17, 15) is 9.18 Å². The van der Waals surface area contributed by atoms with Crippen LogP contribution in [0.25, 0.3) is 0 Å². The van der Waals surface area contributed by atoms with Gasteiger partial charge in [-0.05, 0) is 23.3 Å². The molecule has 2 aliphatic heterocycles. The van der Waals surface area contributed by atoms with E-state index in [0.717, 1.165) is 25.2 Å². The number of morpholine rings is 1. The maximum Gasteiger partial charge on any atom is 0.226 e. The average Bonchev–Trinajstić information content (AvgIpc) is 3.24. The second kappa shape index (κ2) is 9.45. The van der Waals surface area contributed by atoms with Gasteiger partial charge in [0.25, 0.3) is 0 Å². The van der Waals surface area contributed by atoms with Crippen LogP contribution in [0.15, 0.2) is 54.6 Å². The van der Waals surface area contributed by atoms with Crippen LogP contribution in [-0.2, 0) is 16.1 Å². The normalized spacial score (nSPS) is 25.1. The number of carbonyl (C=O) groups is 1. The summed E-state index contributed by atoms with van der Waals surface area (Å²) in [6.45, 7) is 4.24. The van der Waals surface area contributed by atoms with Gasteiger partial charge < -0.3 is 10.1 Å². The van der Waals surface area contributed by atoms with Gasteiger partial charge in [-0.15, -0.1) is 0 Å². The quantitative estimate of drug-likeness (QED) is 0.690. The summed E-state index contributed by atoms with van der Waals surface area (Å²) in [5.74, 6) is -0.569. The SMILES string of the molecule is O=C(NCC1CN(Cc2ccccc2)CCO1)C1CNNC1c1ccc(F)cc1. The van der Waals surface area contributed by atoms with Crippen molar-refractivity contribution in [1.82, 2.24) is 21.1 Å². The Morgan fingerprint density at radius 2 is 1.97 bits per heavy atom. The molecule has 3 unspecified atom stereocenters. The molecule has 0 aliphatic carbocycles. The summed E-state index contributed by atoms with van der Waals surface area (Å²) in [6, 6.07) is 16.5. The number of amides is 1. The van der Waals surface area contributed by atoms with E-state index in [2.05, 4.69) is 45.3 Å². The van der Waals surface area contributed by atoms with Crippen molar-refractivity contribution in [2.24, 2.45) is 5.92 Å². The van der Waals surface area contributed by atoms with Crippen LogP contribution in [0.4, 0.5) is 4.39 Å². The predicted octanol–water partition coefficient (Wildman–Crippen LogP) is 1.61. The third-order valence-electron chi connectivity index (χ3n) is 5.52. The summed E-state index contributed by atoms with van der Waals surface area (Å²) in [4.78, 5) is 15.1. The number of halogens is 1. The first-order valence-electron chi connectivity index (χ1n) is 10.1. The molecule has 2 aliphatic rings. The number of hydrazine groups is 1. The van der Waals surface area contributed by atoms with Crippen LogP contribution < -0.4 is 16.2 Å². The molecule has 6 nitrogen and oxygen atoms in total. The highest BCUT2D eigenvalue weighted by Crippen LogP contribution is 2.25. The van der Waals surface area contributed by atoms with E-state index in [0.29, 0.717) is 19.7 Å². The van der Waals surface area contributed by atoms with Crippen LogP contribution >= 0.6 is 0 Å². The molecule has 2 aromatic rings. The van der Waals surface area contributed by atoms with Crippen molar-refractivity contribution in [2.75, 3.05) is 32.8 Å². The van der Waals surface area contributed by atoms with Gasteiger partial charge in [-0.2, -0.15) is 0 Å². The van der Waals surface area contributed by atoms with Gasteiger partial charge in [-0.1, -0.05) is 42.5 Å². The molecule has 1 amide bonds. The van der Waals surface area contributed by atoms with Crippen LogP contribution in [0.5, 0.6) is 0 Å². The summed E-state index contributed by atoms with van der Waals surface area (Å²) in [7, 11) is 0. The topological polar surface area (TPSA) is 65.6 Å². The Bertz CT molecular complexity index is 802. The van der Waals surface area contributed by atoms with Gasteiger partial charge in [-0.3, -0.25) is 15.1 Å². The summed E-state index contributed by atoms with van der Waals surface area (Å²) >= 11 is 0. The molecule has 2 saturated heterocycles. The Kier molecular flexibility index (Phi) is 6.51. The maximum atomic E-state index is 13.2. The summed E-state index contributed by atoms with van der Waals surface area (Å²) in [6.07, 6.45) is -0.0250. The molecule has 29 heavy (non-hydrogen) atoms. The van der Waals surface area contributed by atoms with E-state index in [4.69, 9.17) is 4.74 Å². The van der Waals surface area contributed by atoms with E-state index >= 15 is 0 Å². The molecule has 7 heteroatoms.